The molecule has 1 aromatic carbocycles. The maximum absolute atomic E-state index is 12.7. The molecule has 0 fully saturated rings. The standard InChI is InChI=1S/C19H21N3O6S2/c1-12(2)17(21-30(25,26)15-6-4-14(27-3)5-7-15)18(24)28-11-13-10-16(23)22-8-9-29-19(22)20-13/h4-10,12,17,21H,11H2,1-3H3/t17-/m0/s1. The average Bonchev–Trinajstić information content (AvgIpc) is 3.19. The lowest BCUT2D eigenvalue weighted by molar-refractivity contribution is -0.148. The number of esters is 1. The monoisotopic (exact) mass is 451 g/mol. The molecule has 2 aromatic heterocycles. The van der Waals surface area contributed by atoms with Gasteiger partial charge in [0.2, 0.25) is 10.0 Å². The summed E-state index contributed by atoms with van der Waals surface area (Å²) in [5.41, 5.74) is 0.00392. The summed E-state index contributed by atoms with van der Waals surface area (Å²) >= 11 is 1.28. The van der Waals surface area contributed by atoms with Crippen molar-refractivity contribution in [3.63, 3.8) is 0 Å². The van der Waals surface area contributed by atoms with E-state index in [2.05, 4.69) is 9.71 Å². The summed E-state index contributed by atoms with van der Waals surface area (Å²) in [6.07, 6.45) is 1.61. The Kier molecular flexibility index (Phi) is 6.54. The molecule has 0 amide bonds. The normalized spacial score (nSPS) is 12.8. The molecular weight excluding hydrogens is 430 g/mol. The molecule has 0 aliphatic rings. The molecule has 0 spiro atoms. The summed E-state index contributed by atoms with van der Waals surface area (Å²) in [6, 6.07) is 5.97. The zero-order valence-electron chi connectivity index (χ0n) is 16.6. The van der Waals surface area contributed by atoms with Gasteiger partial charge in [0.15, 0.2) is 4.96 Å². The first-order valence-corrected chi connectivity index (χ1v) is 11.4. The summed E-state index contributed by atoms with van der Waals surface area (Å²) in [4.78, 5) is 29.4. The Labute approximate surface area is 177 Å². The number of hydrogen-bond donors (Lipinski definition) is 1. The number of carbonyl (C=O) groups is 1. The molecule has 0 radical (unpaired) electrons. The smallest absolute Gasteiger partial charge is 0.324 e. The van der Waals surface area contributed by atoms with Gasteiger partial charge in [-0.3, -0.25) is 14.0 Å². The van der Waals surface area contributed by atoms with Gasteiger partial charge in [0, 0.05) is 17.6 Å². The maximum atomic E-state index is 12.7. The number of fused-ring (bicyclic) bond motifs is 1. The fraction of sp³-hybridized carbons (Fsp3) is 0.316. The van der Waals surface area contributed by atoms with Crippen molar-refractivity contribution in [1.29, 1.82) is 0 Å². The molecule has 0 saturated heterocycles. The highest BCUT2D eigenvalue weighted by Crippen LogP contribution is 2.17. The summed E-state index contributed by atoms with van der Waals surface area (Å²) in [5.74, 6) is -0.612. The molecule has 3 rings (SSSR count). The van der Waals surface area contributed by atoms with Gasteiger partial charge in [0.1, 0.15) is 18.4 Å². The molecule has 11 heteroatoms. The van der Waals surface area contributed by atoms with Crippen LogP contribution in [0, 0.1) is 5.92 Å². The van der Waals surface area contributed by atoms with Crippen molar-refractivity contribution in [2.24, 2.45) is 5.92 Å². The molecule has 3 aromatic rings. The Morgan fingerprint density at radius 1 is 1.27 bits per heavy atom. The van der Waals surface area contributed by atoms with Crippen LogP contribution in [0.2, 0.25) is 0 Å². The van der Waals surface area contributed by atoms with Crippen LogP contribution in [-0.2, 0) is 26.2 Å². The van der Waals surface area contributed by atoms with Gasteiger partial charge in [-0.2, -0.15) is 4.72 Å². The van der Waals surface area contributed by atoms with Crippen LogP contribution in [0.25, 0.3) is 4.96 Å². The third kappa shape index (κ3) is 4.86. The minimum absolute atomic E-state index is 0.000384. The Bertz CT molecular complexity index is 1200. The van der Waals surface area contributed by atoms with Crippen molar-refractivity contribution in [2.45, 2.75) is 31.4 Å². The SMILES string of the molecule is COc1ccc(S(=O)(=O)N[C@H](C(=O)OCc2cc(=O)n3ccsc3n2)C(C)C)cc1. The molecule has 2 heterocycles. The van der Waals surface area contributed by atoms with Gasteiger partial charge in [0.25, 0.3) is 5.56 Å². The molecule has 0 bridgehead atoms. The van der Waals surface area contributed by atoms with E-state index in [9.17, 15) is 18.0 Å². The van der Waals surface area contributed by atoms with Crippen LogP contribution in [-0.4, -0.2) is 36.9 Å². The van der Waals surface area contributed by atoms with E-state index in [-0.39, 0.29) is 28.7 Å². The highest BCUT2D eigenvalue weighted by atomic mass is 32.2. The van der Waals surface area contributed by atoms with Crippen LogP contribution in [0.4, 0.5) is 0 Å². The minimum atomic E-state index is -3.96. The third-order valence-electron chi connectivity index (χ3n) is 4.29. The molecule has 30 heavy (non-hydrogen) atoms. The van der Waals surface area contributed by atoms with Gasteiger partial charge in [-0.15, -0.1) is 11.3 Å². The molecule has 0 aliphatic heterocycles. The van der Waals surface area contributed by atoms with Crippen LogP contribution in [0.15, 0.2) is 51.6 Å². The van der Waals surface area contributed by atoms with E-state index < -0.39 is 22.0 Å². The number of aromatic nitrogens is 2. The summed E-state index contributed by atoms with van der Waals surface area (Å²) in [5, 5.41) is 1.72. The van der Waals surface area contributed by atoms with Crippen LogP contribution in [0.1, 0.15) is 19.5 Å². The average molecular weight is 452 g/mol. The quantitative estimate of drug-likeness (QED) is 0.519. The zero-order valence-corrected chi connectivity index (χ0v) is 18.2. The third-order valence-corrected chi connectivity index (χ3v) is 6.50. The second-order valence-electron chi connectivity index (χ2n) is 6.77. The second-order valence-corrected chi connectivity index (χ2v) is 9.35. The highest BCUT2D eigenvalue weighted by Gasteiger charge is 2.30. The van der Waals surface area contributed by atoms with Gasteiger partial charge >= 0.3 is 5.97 Å². The molecule has 9 nitrogen and oxygen atoms in total. The number of methoxy groups -OCH3 is 1. The van der Waals surface area contributed by atoms with Crippen LogP contribution in [0.5, 0.6) is 5.75 Å². The number of rotatable bonds is 8. The van der Waals surface area contributed by atoms with Gasteiger partial charge in [-0.1, -0.05) is 13.8 Å². The number of nitrogens with one attached hydrogen (secondary N) is 1. The fourth-order valence-corrected chi connectivity index (χ4v) is 4.71. The Morgan fingerprint density at radius 3 is 2.60 bits per heavy atom. The zero-order chi connectivity index (χ0) is 21.9. The van der Waals surface area contributed by atoms with E-state index in [1.807, 2.05) is 0 Å². The van der Waals surface area contributed by atoms with Crippen LogP contribution < -0.4 is 15.0 Å². The molecule has 0 unspecified atom stereocenters. The first-order chi connectivity index (χ1) is 14.2. The lowest BCUT2D eigenvalue weighted by Gasteiger charge is -2.20. The van der Waals surface area contributed by atoms with E-state index in [4.69, 9.17) is 9.47 Å². The number of thiazole rings is 1. The molecular formula is C19H21N3O6S2. The first-order valence-electron chi connectivity index (χ1n) is 9.00. The van der Waals surface area contributed by atoms with Gasteiger partial charge in [0.05, 0.1) is 17.7 Å². The Hall–Kier alpha value is -2.76. The van der Waals surface area contributed by atoms with E-state index in [0.717, 1.165) is 0 Å². The minimum Gasteiger partial charge on any atom is -0.497 e. The van der Waals surface area contributed by atoms with E-state index >= 15 is 0 Å². The van der Waals surface area contributed by atoms with Crippen molar-refractivity contribution in [1.82, 2.24) is 14.1 Å². The van der Waals surface area contributed by atoms with E-state index in [0.29, 0.717) is 10.7 Å². The largest absolute Gasteiger partial charge is 0.497 e. The van der Waals surface area contributed by atoms with Crippen LogP contribution >= 0.6 is 11.3 Å². The first kappa shape index (κ1) is 21.9. The number of nitrogens with zero attached hydrogens (tertiary/aromatic N) is 2. The van der Waals surface area contributed by atoms with Crippen molar-refractivity contribution in [2.75, 3.05) is 7.11 Å². The topological polar surface area (TPSA) is 116 Å². The van der Waals surface area contributed by atoms with Gasteiger partial charge < -0.3 is 9.47 Å². The molecule has 1 atom stereocenters. The molecule has 160 valence electrons. The number of sulfonamides is 1. The highest BCUT2D eigenvalue weighted by molar-refractivity contribution is 7.89. The summed E-state index contributed by atoms with van der Waals surface area (Å²) < 4.78 is 39.4. The van der Waals surface area contributed by atoms with Crippen molar-refractivity contribution in [3.05, 3.63) is 58.0 Å². The molecule has 1 N–H and O–H groups in total. The van der Waals surface area contributed by atoms with Crippen molar-refractivity contribution >= 4 is 32.3 Å². The number of hydrogen-bond acceptors (Lipinski definition) is 8. The second kappa shape index (κ2) is 8.94. The predicted octanol–water partition coefficient (Wildman–Crippen LogP) is 1.81. The van der Waals surface area contributed by atoms with Crippen molar-refractivity contribution in [3.8, 4) is 5.75 Å². The summed E-state index contributed by atoms with van der Waals surface area (Å²) in [7, 11) is -2.48. The van der Waals surface area contributed by atoms with E-state index in [1.165, 1.54) is 53.2 Å². The number of carbonyl (C=O) groups excluding carboxylic acids is 1. The fourth-order valence-electron chi connectivity index (χ4n) is 2.64. The lowest BCUT2D eigenvalue weighted by atomic mass is 10.1. The summed E-state index contributed by atoms with van der Waals surface area (Å²) in [6.45, 7) is 3.16. The van der Waals surface area contributed by atoms with Gasteiger partial charge in [-0.05, 0) is 30.2 Å². The van der Waals surface area contributed by atoms with E-state index in [1.54, 1.807) is 25.4 Å². The maximum Gasteiger partial charge on any atom is 0.324 e. The Morgan fingerprint density at radius 2 is 1.97 bits per heavy atom. The number of ether oxygens (including phenoxy) is 2. The molecule has 0 aliphatic carbocycles. The molecule has 0 saturated carbocycles. The van der Waals surface area contributed by atoms with Crippen LogP contribution in [0.3, 0.4) is 0 Å². The number of benzene rings is 1. The lowest BCUT2D eigenvalue weighted by Crippen LogP contribution is -2.45. The van der Waals surface area contributed by atoms with Crippen molar-refractivity contribution < 1.29 is 22.7 Å². The predicted molar refractivity (Wildman–Crippen MR) is 111 cm³/mol. The van der Waals surface area contributed by atoms with Gasteiger partial charge in [-0.25, -0.2) is 13.4 Å². The Balaban J connectivity index is 1.72.